The van der Waals surface area contributed by atoms with Crippen molar-refractivity contribution in [1.82, 2.24) is 4.98 Å². The van der Waals surface area contributed by atoms with Crippen molar-refractivity contribution in [1.29, 1.82) is 0 Å². The van der Waals surface area contributed by atoms with E-state index >= 15 is 0 Å². The highest BCUT2D eigenvalue weighted by molar-refractivity contribution is 8.01. The second-order valence-corrected chi connectivity index (χ2v) is 4.77. The summed E-state index contributed by atoms with van der Waals surface area (Å²) in [4.78, 5) is 5.72. The number of hydrogen-bond acceptors (Lipinski definition) is 3. The highest BCUT2D eigenvalue weighted by Gasteiger charge is 2.01. The van der Waals surface area contributed by atoms with Gasteiger partial charge in [-0.1, -0.05) is 18.7 Å². The minimum Gasteiger partial charge on any atom is -0.235 e. The minimum absolute atomic E-state index is 1.12. The van der Waals surface area contributed by atoms with Crippen LogP contribution in [-0.2, 0) is 0 Å². The fourth-order valence-corrected chi connectivity index (χ4v) is 2.68. The first-order valence-corrected chi connectivity index (χ1v) is 5.11. The Hall–Kier alpha value is -0.0200. The molecule has 0 aliphatic rings. The number of aromatic nitrogens is 1. The summed E-state index contributed by atoms with van der Waals surface area (Å²) >= 11 is 3.61. The molecule has 1 aromatic heterocycles. The Balaban J connectivity index is 2.77. The van der Waals surface area contributed by atoms with Gasteiger partial charge in [0.05, 0.1) is 5.69 Å². The normalized spacial score (nSPS) is 10.3. The van der Waals surface area contributed by atoms with Gasteiger partial charge in [-0.3, -0.25) is 0 Å². The molecule has 0 aromatic carbocycles. The number of hydrogen-bond donors (Lipinski definition) is 0. The lowest BCUT2D eigenvalue weighted by Gasteiger charge is -1.85. The minimum atomic E-state index is 1.12. The molecule has 1 nitrogen and oxygen atoms in total. The van der Waals surface area contributed by atoms with Crippen molar-refractivity contribution in [3.05, 3.63) is 10.6 Å². The van der Waals surface area contributed by atoms with Gasteiger partial charge in [-0.05, 0) is 19.6 Å². The third-order valence-electron chi connectivity index (χ3n) is 1.28. The van der Waals surface area contributed by atoms with Crippen molar-refractivity contribution in [2.45, 2.75) is 25.1 Å². The summed E-state index contributed by atoms with van der Waals surface area (Å²) in [6, 6.07) is 0. The van der Waals surface area contributed by atoms with E-state index in [4.69, 9.17) is 0 Å². The zero-order chi connectivity index (χ0) is 7.56. The number of thiazole rings is 1. The van der Waals surface area contributed by atoms with Gasteiger partial charge in [-0.25, -0.2) is 4.98 Å². The first-order valence-electron chi connectivity index (χ1n) is 3.31. The zero-order valence-electron chi connectivity index (χ0n) is 6.47. The third-order valence-corrected chi connectivity index (χ3v) is 3.37. The van der Waals surface area contributed by atoms with Gasteiger partial charge in [0.25, 0.3) is 0 Å². The van der Waals surface area contributed by atoms with Gasteiger partial charge in [-0.2, -0.15) is 0 Å². The molecule has 0 unspecified atom stereocenters. The molecular weight excluding hydrogens is 162 g/mol. The molecule has 1 heterocycles. The van der Waals surface area contributed by atoms with E-state index in [0.29, 0.717) is 0 Å². The average molecular weight is 173 g/mol. The Morgan fingerprint density at radius 3 is 2.60 bits per heavy atom. The number of thioether (sulfide) groups is 1. The summed E-state index contributed by atoms with van der Waals surface area (Å²) in [5.41, 5.74) is 1.18. The maximum Gasteiger partial charge on any atom is 0.150 e. The van der Waals surface area contributed by atoms with Crippen LogP contribution in [0, 0.1) is 13.8 Å². The first-order chi connectivity index (χ1) is 4.74. The third kappa shape index (κ3) is 1.73. The van der Waals surface area contributed by atoms with Crippen molar-refractivity contribution in [3.63, 3.8) is 0 Å². The van der Waals surface area contributed by atoms with Crippen LogP contribution in [0.15, 0.2) is 4.34 Å². The molecule has 3 heteroatoms. The van der Waals surface area contributed by atoms with E-state index in [1.54, 1.807) is 11.3 Å². The van der Waals surface area contributed by atoms with E-state index in [9.17, 15) is 0 Å². The summed E-state index contributed by atoms with van der Waals surface area (Å²) in [5, 5.41) is 0. The predicted molar refractivity (Wildman–Crippen MR) is 48.0 cm³/mol. The molecule has 1 rings (SSSR count). The highest BCUT2D eigenvalue weighted by atomic mass is 32.2. The maximum atomic E-state index is 4.38. The lowest BCUT2D eigenvalue weighted by atomic mass is 10.4. The Bertz CT molecular complexity index is 198. The van der Waals surface area contributed by atoms with Crippen LogP contribution < -0.4 is 0 Å². The molecule has 0 amide bonds. The quantitative estimate of drug-likeness (QED) is 0.638. The van der Waals surface area contributed by atoms with Crippen LogP contribution >= 0.6 is 23.1 Å². The van der Waals surface area contributed by atoms with Crippen LogP contribution in [0.5, 0.6) is 0 Å². The molecule has 1 aromatic rings. The molecule has 0 spiro atoms. The molecule has 0 fully saturated rings. The van der Waals surface area contributed by atoms with E-state index in [0.717, 1.165) is 5.75 Å². The van der Waals surface area contributed by atoms with E-state index in [1.807, 2.05) is 11.8 Å². The molecular formula is C7H11NS2. The molecule has 0 N–H and O–H groups in total. The number of aryl methyl sites for hydroxylation is 2. The molecule has 56 valence electrons. The van der Waals surface area contributed by atoms with Gasteiger partial charge < -0.3 is 0 Å². The van der Waals surface area contributed by atoms with Gasteiger partial charge in [0, 0.05) is 4.88 Å². The van der Waals surface area contributed by atoms with Crippen LogP contribution in [0.25, 0.3) is 0 Å². The van der Waals surface area contributed by atoms with E-state index in [-0.39, 0.29) is 0 Å². The zero-order valence-corrected chi connectivity index (χ0v) is 8.10. The van der Waals surface area contributed by atoms with E-state index < -0.39 is 0 Å². The summed E-state index contributed by atoms with van der Waals surface area (Å²) < 4.78 is 1.21. The van der Waals surface area contributed by atoms with E-state index in [2.05, 4.69) is 25.8 Å². The Labute approximate surface area is 69.9 Å². The molecule has 0 saturated heterocycles. The van der Waals surface area contributed by atoms with Crippen molar-refractivity contribution in [2.24, 2.45) is 0 Å². The van der Waals surface area contributed by atoms with Gasteiger partial charge in [-0.15, -0.1) is 11.3 Å². The largest absolute Gasteiger partial charge is 0.235 e. The molecule has 0 bridgehead atoms. The average Bonchev–Trinajstić information content (AvgIpc) is 2.14. The molecule has 0 radical (unpaired) electrons. The highest BCUT2D eigenvalue weighted by Crippen LogP contribution is 2.25. The maximum absolute atomic E-state index is 4.38. The molecule has 0 aliphatic heterocycles. The van der Waals surface area contributed by atoms with Crippen LogP contribution in [0.4, 0.5) is 0 Å². The first kappa shape index (κ1) is 8.08. The monoisotopic (exact) mass is 173 g/mol. The number of rotatable bonds is 2. The Morgan fingerprint density at radius 1 is 1.50 bits per heavy atom. The van der Waals surface area contributed by atoms with Gasteiger partial charge in [0.15, 0.2) is 0 Å². The van der Waals surface area contributed by atoms with Crippen molar-refractivity contribution >= 4 is 23.1 Å². The fourth-order valence-electron chi connectivity index (χ4n) is 0.629. The lowest BCUT2D eigenvalue weighted by Crippen LogP contribution is -1.72. The SMILES string of the molecule is CCSc1nc(C)c(C)s1. The Morgan fingerprint density at radius 2 is 2.20 bits per heavy atom. The second-order valence-electron chi connectivity index (χ2n) is 2.05. The lowest BCUT2D eigenvalue weighted by molar-refractivity contribution is 1.14. The summed E-state index contributed by atoms with van der Waals surface area (Å²) in [6.07, 6.45) is 0. The fraction of sp³-hybridized carbons (Fsp3) is 0.571. The molecule has 0 aliphatic carbocycles. The summed E-state index contributed by atoms with van der Waals surface area (Å²) in [7, 11) is 0. The predicted octanol–water partition coefficient (Wildman–Crippen LogP) is 2.87. The molecule has 0 saturated carbocycles. The van der Waals surface area contributed by atoms with Crippen LogP contribution in [0.3, 0.4) is 0 Å². The molecule has 10 heavy (non-hydrogen) atoms. The summed E-state index contributed by atoms with van der Waals surface area (Å²) in [5.74, 6) is 1.12. The summed E-state index contributed by atoms with van der Waals surface area (Å²) in [6.45, 7) is 6.33. The van der Waals surface area contributed by atoms with Crippen LogP contribution in [-0.4, -0.2) is 10.7 Å². The Kier molecular flexibility index (Phi) is 2.74. The van der Waals surface area contributed by atoms with E-state index in [1.165, 1.54) is 14.9 Å². The van der Waals surface area contributed by atoms with Crippen molar-refractivity contribution in [2.75, 3.05) is 5.75 Å². The second kappa shape index (κ2) is 3.39. The smallest absolute Gasteiger partial charge is 0.150 e. The molecule has 0 atom stereocenters. The van der Waals surface area contributed by atoms with Crippen molar-refractivity contribution in [3.8, 4) is 0 Å². The number of nitrogens with zero attached hydrogens (tertiary/aromatic N) is 1. The topological polar surface area (TPSA) is 12.9 Å². The van der Waals surface area contributed by atoms with Gasteiger partial charge in [0.2, 0.25) is 0 Å². The van der Waals surface area contributed by atoms with Gasteiger partial charge >= 0.3 is 0 Å². The van der Waals surface area contributed by atoms with Gasteiger partial charge in [0.1, 0.15) is 4.34 Å². The van der Waals surface area contributed by atoms with Crippen LogP contribution in [0.2, 0.25) is 0 Å². The standard InChI is InChI=1S/C7H11NS2/c1-4-9-7-8-5(2)6(3)10-7/h4H2,1-3H3. The van der Waals surface area contributed by atoms with Crippen LogP contribution in [0.1, 0.15) is 17.5 Å². The van der Waals surface area contributed by atoms with Crippen molar-refractivity contribution < 1.29 is 0 Å².